The van der Waals surface area contributed by atoms with Gasteiger partial charge in [0.2, 0.25) is 0 Å². The van der Waals surface area contributed by atoms with Gasteiger partial charge < -0.3 is 19.5 Å². The Morgan fingerprint density at radius 3 is 2.56 bits per heavy atom. The maximum Gasteiger partial charge on any atom is 0.265 e. The smallest absolute Gasteiger partial charge is 0.265 e. The van der Waals surface area contributed by atoms with Gasteiger partial charge in [-0.3, -0.25) is 14.3 Å². The first-order valence-electron chi connectivity index (χ1n) is 9.79. The molecule has 2 aromatic heterocycles. The van der Waals surface area contributed by atoms with Crippen molar-refractivity contribution in [1.29, 1.82) is 0 Å². The molecule has 0 radical (unpaired) electrons. The molecular weight excluding hydrogens is 415 g/mol. The molecule has 0 aliphatic heterocycles. The minimum Gasteiger partial charge on any atom is -0.497 e. The van der Waals surface area contributed by atoms with Gasteiger partial charge in [0.1, 0.15) is 12.1 Å². The number of halogens is 1. The van der Waals surface area contributed by atoms with Crippen LogP contribution >= 0.6 is 0 Å². The van der Waals surface area contributed by atoms with E-state index >= 15 is 4.39 Å². The average molecular weight is 436 g/mol. The third-order valence-electron chi connectivity index (χ3n) is 5.06. The van der Waals surface area contributed by atoms with E-state index in [1.807, 2.05) is 0 Å². The molecule has 8 nitrogen and oxygen atoms in total. The summed E-state index contributed by atoms with van der Waals surface area (Å²) in [7, 11) is 2.83. The lowest BCUT2D eigenvalue weighted by Gasteiger charge is -2.26. The van der Waals surface area contributed by atoms with Crippen LogP contribution in [0.25, 0.3) is 16.6 Å². The fourth-order valence-electron chi connectivity index (χ4n) is 3.48. The highest BCUT2D eigenvalue weighted by molar-refractivity contribution is 5.83. The summed E-state index contributed by atoms with van der Waals surface area (Å²) < 4.78 is 27.0. The topological polar surface area (TPSA) is 89.7 Å². The molecule has 0 aliphatic carbocycles. The molecule has 2 aromatic carbocycles. The number of rotatable bonds is 7. The summed E-state index contributed by atoms with van der Waals surface area (Å²) in [6.45, 7) is -0.164. The summed E-state index contributed by atoms with van der Waals surface area (Å²) in [4.78, 5) is 23.1. The number of hydrogen-bond donors (Lipinski definition) is 1. The van der Waals surface area contributed by atoms with Gasteiger partial charge in [-0.2, -0.15) is 0 Å². The van der Waals surface area contributed by atoms with Crippen molar-refractivity contribution in [2.75, 3.05) is 32.3 Å². The van der Waals surface area contributed by atoms with Gasteiger partial charge in [-0.1, -0.05) is 0 Å². The lowest BCUT2D eigenvalue weighted by atomic mass is 10.1. The molecule has 0 unspecified atom stereocenters. The molecule has 0 atom stereocenters. The van der Waals surface area contributed by atoms with Crippen LogP contribution in [0.1, 0.15) is 0 Å². The largest absolute Gasteiger partial charge is 0.497 e. The number of aliphatic hydroxyl groups excluding tert-OH is 1. The Labute approximate surface area is 183 Å². The van der Waals surface area contributed by atoms with Crippen molar-refractivity contribution < 1.29 is 19.0 Å². The average Bonchev–Trinajstić information content (AvgIpc) is 2.83. The second-order valence-electron chi connectivity index (χ2n) is 6.86. The quantitative estimate of drug-likeness (QED) is 0.476. The lowest BCUT2D eigenvalue weighted by Crippen LogP contribution is -2.23. The monoisotopic (exact) mass is 436 g/mol. The van der Waals surface area contributed by atoms with E-state index in [1.165, 1.54) is 37.2 Å². The highest BCUT2D eigenvalue weighted by atomic mass is 19.1. The molecule has 0 aliphatic rings. The molecular formula is C23H21FN4O4. The summed E-state index contributed by atoms with van der Waals surface area (Å²) in [5.74, 6) is -0.212. The van der Waals surface area contributed by atoms with Gasteiger partial charge in [0, 0.05) is 36.8 Å². The van der Waals surface area contributed by atoms with Crippen LogP contribution in [-0.2, 0) is 0 Å². The number of pyridine rings is 1. The maximum atomic E-state index is 15.1. The van der Waals surface area contributed by atoms with Gasteiger partial charge in [0.15, 0.2) is 11.6 Å². The van der Waals surface area contributed by atoms with Gasteiger partial charge in [-0.25, -0.2) is 9.37 Å². The molecule has 1 N–H and O–H groups in total. The summed E-state index contributed by atoms with van der Waals surface area (Å²) >= 11 is 0. The number of aromatic nitrogens is 3. The van der Waals surface area contributed by atoms with Gasteiger partial charge in [-0.05, 0) is 30.3 Å². The van der Waals surface area contributed by atoms with E-state index in [9.17, 15) is 9.90 Å². The van der Waals surface area contributed by atoms with Crippen molar-refractivity contribution >= 4 is 22.3 Å². The van der Waals surface area contributed by atoms with E-state index < -0.39 is 5.82 Å². The highest BCUT2D eigenvalue weighted by Gasteiger charge is 2.20. The van der Waals surface area contributed by atoms with Gasteiger partial charge in [0.25, 0.3) is 5.56 Å². The lowest BCUT2D eigenvalue weighted by molar-refractivity contribution is 0.305. The Morgan fingerprint density at radius 2 is 1.88 bits per heavy atom. The summed E-state index contributed by atoms with van der Waals surface area (Å²) in [5.41, 5.74) is 1.49. The van der Waals surface area contributed by atoms with Crippen LogP contribution in [0, 0.1) is 5.82 Å². The molecule has 0 fully saturated rings. The van der Waals surface area contributed by atoms with Crippen molar-refractivity contribution in [3.8, 4) is 17.2 Å². The summed E-state index contributed by atoms with van der Waals surface area (Å²) in [6.07, 6.45) is 4.63. The first-order valence-corrected chi connectivity index (χ1v) is 9.79. The zero-order valence-corrected chi connectivity index (χ0v) is 17.5. The van der Waals surface area contributed by atoms with Gasteiger partial charge >= 0.3 is 0 Å². The minimum absolute atomic E-state index is 0.00443. The fourth-order valence-corrected chi connectivity index (χ4v) is 3.48. The van der Waals surface area contributed by atoms with Crippen LogP contribution in [-0.4, -0.2) is 47.0 Å². The second kappa shape index (κ2) is 9.03. The number of ether oxygens (including phenoxy) is 2. The molecule has 2 heterocycles. The number of aliphatic hydroxyl groups is 1. The van der Waals surface area contributed by atoms with Gasteiger partial charge in [0.05, 0.1) is 43.1 Å². The first kappa shape index (κ1) is 21.3. The molecule has 9 heteroatoms. The summed E-state index contributed by atoms with van der Waals surface area (Å²) in [5, 5.41) is 10.0. The number of anilines is 2. The SMILES string of the molecule is COc1cc(OC)c(F)c(N(CCO)c2ccc3ncn(-c4ccncc4)c(=O)c3c2)c1. The number of fused-ring (bicyclic) bond motifs is 1. The molecule has 164 valence electrons. The fraction of sp³-hybridized carbons (Fsp3) is 0.174. The molecule has 0 saturated heterocycles. The van der Waals surface area contributed by atoms with Crippen molar-refractivity contribution in [1.82, 2.24) is 14.5 Å². The molecule has 32 heavy (non-hydrogen) atoms. The molecule has 0 bridgehead atoms. The Kier molecular flexibility index (Phi) is 6.00. The highest BCUT2D eigenvalue weighted by Crippen LogP contribution is 2.37. The zero-order valence-electron chi connectivity index (χ0n) is 17.5. The van der Waals surface area contributed by atoms with Crippen molar-refractivity contribution in [3.05, 3.63) is 77.4 Å². The second-order valence-corrected chi connectivity index (χ2v) is 6.86. The minimum atomic E-state index is -0.609. The predicted octanol–water partition coefficient (Wildman–Crippen LogP) is 3.07. The number of methoxy groups -OCH3 is 2. The van der Waals surface area contributed by atoms with Crippen LogP contribution < -0.4 is 19.9 Å². The van der Waals surface area contributed by atoms with Crippen LogP contribution in [0.15, 0.2) is 66.0 Å². The standard InChI is InChI=1S/C23H21FN4O4/c1-31-17-12-20(22(24)21(13-17)32-2)27(9-10-29)16-3-4-19-18(11-16)23(30)28(14-26-19)15-5-7-25-8-6-15/h3-8,11-14,29H,9-10H2,1-2H3. The Morgan fingerprint density at radius 1 is 1.09 bits per heavy atom. The number of nitrogens with zero attached hydrogens (tertiary/aromatic N) is 4. The third-order valence-corrected chi connectivity index (χ3v) is 5.06. The van der Waals surface area contributed by atoms with Crippen molar-refractivity contribution in [2.24, 2.45) is 0 Å². The molecule has 4 aromatic rings. The van der Waals surface area contributed by atoms with Crippen LogP contribution in [0.5, 0.6) is 11.5 Å². The number of benzene rings is 2. The first-order chi connectivity index (χ1) is 15.6. The van der Waals surface area contributed by atoms with Crippen molar-refractivity contribution in [2.45, 2.75) is 0 Å². The van der Waals surface area contributed by atoms with E-state index in [-0.39, 0.29) is 30.1 Å². The maximum absolute atomic E-state index is 15.1. The Hall–Kier alpha value is -3.98. The Balaban J connectivity index is 1.89. The van der Waals surface area contributed by atoms with Crippen molar-refractivity contribution in [3.63, 3.8) is 0 Å². The molecule has 4 rings (SSSR count). The zero-order chi connectivity index (χ0) is 22.7. The van der Waals surface area contributed by atoms with E-state index in [0.29, 0.717) is 28.0 Å². The summed E-state index contributed by atoms with van der Waals surface area (Å²) in [6, 6.07) is 11.4. The van der Waals surface area contributed by atoms with E-state index in [2.05, 4.69) is 9.97 Å². The number of hydrogen-bond acceptors (Lipinski definition) is 7. The molecule has 0 saturated carbocycles. The van der Waals surface area contributed by atoms with Crippen LogP contribution in [0.4, 0.5) is 15.8 Å². The normalized spacial score (nSPS) is 10.9. The van der Waals surface area contributed by atoms with E-state index in [0.717, 1.165) is 0 Å². The van der Waals surface area contributed by atoms with E-state index in [4.69, 9.17) is 9.47 Å². The van der Waals surface area contributed by atoms with Gasteiger partial charge in [-0.15, -0.1) is 0 Å². The third kappa shape index (κ3) is 3.85. The van der Waals surface area contributed by atoms with Crippen LogP contribution in [0.3, 0.4) is 0 Å². The van der Waals surface area contributed by atoms with E-state index in [1.54, 1.807) is 47.6 Å². The molecule has 0 amide bonds. The Bertz CT molecular complexity index is 1310. The molecule has 0 spiro atoms. The van der Waals surface area contributed by atoms with Crippen LogP contribution in [0.2, 0.25) is 0 Å². The predicted molar refractivity (Wildman–Crippen MR) is 119 cm³/mol.